The van der Waals surface area contributed by atoms with Gasteiger partial charge in [0.05, 0.1) is 5.56 Å². The lowest BCUT2D eigenvalue weighted by Gasteiger charge is -2.07. The zero-order valence-electron chi connectivity index (χ0n) is 9.13. The van der Waals surface area contributed by atoms with Gasteiger partial charge in [0.2, 0.25) is 0 Å². The molecule has 1 aromatic carbocycles. The quantitative estimate of drug-likeness (QED) is 0.751. The van der Waals surface area contributed by atoms with E-state index in [1.807, 2.05) is 6.26 Å². The molecule has 1 amide bonds. The first-order valence-electron chi connectivity index (χ1n) is 4.97. The van der Waals surface area contributed by atoms with E-state index in [-0.39, 0.29) is 5.56 Å². The lowest BCUT2D eigenvalue weighted by atomic mass is 10.2. The Morgan fingerprint density at radius 2 is 2.31 bits per heavy atom. The number of carbonyl (C=O) groups excluding carboxylic acids is 1. The summed E-state index contributed by atoms with van der Waals surface area (Å²) in [5.41, 5.74) is 5.69. The number of hydrogen-bond donors (Lipinski definition) is 2. The van der Waals surface area contributed by atoms with Crippen LogP contribution in [0.4, 0.5) is 10.1 Å². The third-order valence-corrected chi connectivity index (χ3v) is 2.78. The Kier molecular flexibility index (Phi) is 5.11. The van der Waals surface area contributed by atoms with Crippen LogP contribution in [0.5, 0.6) is 0 Å². The lowest BCUT2D eigenvalue weighted by Crippen LogP contribution is -2.14. The van der Waals surface area contributed by atoms with E-state index in [4.69, 9.17) is 5.73 Å². The molecule has 16 heavy (non-hydrogen) atoms. The first-order valence-corrected chi connectivity index (χ1v) is 6.36. The summed E-state index contributed by atoms with van der Waals surface area (Å²) in [5, 5.41) is 3.11. The summed E-state index contributed by atoms with van der Waals surface area (Å²) in [5.74, 6) is -0.260. The van der Waals surface area contributed by atoms with Gasteiger partial charge in [-0.1, -0.05) is 0 Å². The van der Waals surface area contributed by atoms with Crippen molar-refractivity contribution < 1.29 is 9.18 Å². The minimum atomic E-state index is -0.745. The normalized spacial score (nSPS) is 10.1. The molecule has 5 heteroatoms. The Morgan fingerprint density at radius 3 is 2.94 bits per heavy atom. The maximum Gasteiger partial charge on any atom is 0.251 e. The van der Waals surface area contributed by atoms with Crippen molar-refractivity contribution >= 4 is 23.4 Å². The van der Waals surface area contributed by atoms with Crippen molar-refractivity contribution in [3.63, 3.8) is 0 Å². The maximum absolute atomic E-state index is 13.1. The molecule has 0 radical (unpaired) electrons. The number of rotatable bonds is 6. The number of benzene rings is 1. The fraction of sp³-hybridized carbons (Fsp3) is 0.364. The highest BCUT2D eigenvalue weighted by molar-refractivity contribution is 7.98. The van der Waals surface area contributed by atoms with Gasteiger partial charge in [0.1, 0.15) is 5.82 Å². The summed E-state index contributed by atoms with van der Waals surface area (Å²) in [6, 6.07) is 4.29. The van der Waals surface area contributed by atoms with Crippen LogP contribution in [0, 0.1) is 5.82 Å². The molecule has 3 N–H and O–H groups in total. The van der Waals surface area contributed by atoms with Crippen molar-refractivity contribution in [2.45, 2.75) is 6.42 Å². The molecule has 0 aliphatic heterocycles. The van der Waals surface area contributed by atoms with Gasteiger partial charge in [-0.15, -0.1) is 0 Å². The minimum absolute atomic E-state index is 0.0742. The Morgan fingerprint density at radius 1 is 1.56 bits per heavy atom. The summed E-state index contributed by atoms with van der Waals surface area (Å²) >= 11 is 1.77. The molecule has 0 atom stereocenters. The summed E-state index contributed by atoms with van der Waals surface area (Å²) in [6.07, 6.45) is 3.06. The van der Waals surface area contributed by atoms with E-state index in [1.165, 1.54) is 12.1 Å². The highest BCUT2D eigenvalue weighted by atomic mass is 32.2. The molecular weight excluding hydrogens is 227 g/mol. The van der Waals surface area contributed by atoms with Crippen LogP contribution in [0.2, 0.25) is 0 Å². The second kappa shape index (κ2) is 6.37. The summed E-state index contributed by atoms with van der Waals surface area (Å²) < 4.78 is 13.1. The summed E-state index contributed by atoms with van der Waals surface area (Å²) in [6.45, 7) is 0.796. The predicted molar refractivity (Wildman–Crippen MR) is 66.4 cm³/mol. The highest BCUT2D eigenvalue weighted by Gasteiger charge is 2.08. The van der Waals surface area contributed by atoms with Crippen LogP contribution in [0.1, 0.15) is 16.8 Å². The van der Waals surface area contributed by atoms with Crippen LogP contribution in [0.3, 0.4) is 0 Å². The molecule has 88 valence electrons. The van der Waals surface area contributed by atoms with E-state index < -0.39 is 11.7 Å². The number of nitrogens with one attached hydrogen (secondary N) is 1. The number of carbonyl (C=O) groups is 1. The first-order chi connectivity index (χ1) is 7.65. The SMILES string of the molecule is CSCCCNc1ccc(F)c(C(N)=O)c1. The second-order valence-electron chi connectivity index (χ2n) is 3.33. The third kappa shape index (κ3) is 3.73. The van der Waals surface area contributed by atoms with Crippen LogP contribution in [-0.2, 0) is 0 Å². The fourth-order valence-corrected chi connectivity index (χ4v) is 1.71. The van der Waals surface area contributed by atoms with Gasteiger partial charge in [0, 0.05) is 12.2 Å². The Labute approximate surface area is 98.6 Å². The molecule has 1 rings (SSSR count). The van der Waals surface area contributed by atoms with Gasteiger partial charge in [0.25, 0.3) is 5.91 Å². The fourth-order valence-electron chi connectivity index (χ4n) is 1.27. The highest BCUT2D eigenvalue weighted by Crippen LogP contribution is 2.14. The molecule has 3 nitrogen and oxygen atoms in total. The maximum atomic E-state index is 13.1. The van der Waals surface area contributed by atoms with Crippen molar-refractivity contribution in [2.75, 3.05) is 23.9 Å². The number of thioether (sulfide) groups is 1. The smallest absolute Gasteiger partial charge is 0.251 e. The van der Waals surface area contributed by atoms with Crippen LogP contribution >= 0.6 is 11.8 Å². The average Bonchev–Trinajstić information content (AvgIpc) is 2.26. The van der Waals surface area contributed by atoms with Crippen molar-refractivity contribution in [3.05, 3.63) is 29.6 Å². The molecule has 0 saturated heterocycles. The third-order valence-electron chi connectivity index (χ3n) is 2.09. The van der Waals surface area contributed by atoms with Crippen LogP contribution in [0.15, 0.2) is 18.2 Å². The van der Waals surface area contributed by atoms with Crippen LogP contribution < -0.4 is 11.1 Å². The van der Waals surface area contributed by atoms with E-state index in [2.05, 4.69) is 5.32 Å². The Balaban J connectivity index is 2.61. The lowest BCUT2D eigenvalue weighted by molar-refractivity contribution is 0.0996. The number of halogens is 1. The number of amides is 1. The van der Waals surface area contributed by atoms with Crippen LogP contribution in [0.25, 0.3) is 0 Å². The Bertz CT molecular complexity index is 371. The molecular formula is C11H15FN2OS. The first kappa shape index (κ1) is 12.8. The molecule has 0 bridgehead atoms. The summed E-state index contributed by atoms with van der Waals surface area (Å²) in [4.78, 5) is 10.9. The molecule has 0 heterocycles. The zero-order chi connectivity index (χ0) is 12.0. The number of primary amides is 1. The van der Waals surface area contributed by atoms with Crippen molar-refractivity contribution in [3.8, 4) is 0 Å². The van der Waals surface area contributed by atoms with E-state index in [1.54, 1.807) is 17.8 Å². The van der Waals surface area contributed by atoms with Crippen molar-refractivity contribution in [2.24, 2.45) is 5.73 Å². The topological polar surface area (TPSA) is 55.1 Å². The van der Waals surface area contributed by atoms with Gasteiger partial charge in [-0.25, -0.2) is 4.39 Å². The van der Waals surface area contributed by atoms with Gasteiger partial charge in [-0.2, -0.15) is 11.8 Å². The monoisotopic (exact) mass is 242 g/mol. The largest absolute Gasteiger partial charge is 0.385 e. The second-order valence-corrected chi connectivity index (χ2v) is 4.32. The molecule has 0 aliphatic carbocycles. The van der Waals surface area contributed by atoms with Crippen molar-refractivity contribution in [1.29, 1.82) is 0 Å². The van der Waals surface area contributed by atoms with Crippen molar-refractivity contribution in [1.82, 2.24) is 0 Å². The van der Waals surface area contributed by atoms with E-state index >= 15 is 0 Å². The average molecular weight is 242 g/mol. The number of anilines is 1. The van der Waals surface area contributed by atoms with Gasteiger partial charge in [-0.05, 0) is 36.6 Å². The molecule has 0 fully saturated rings. The van der Waals surface area contributed by atoms with Gasteiger partial charge < -0.3 is 11.1 Å². The van der Waals surface area contributed by atoms with E-state index in [9.17, 15) is 9.18 Å². The van der Waals surface area contributed by atoms with E-state index in [0.717, 1.165) is 24.4 Å². The molecule has 0 saturated carbocycles. The van der Waals surface area contributed by atoms with Gasteiger partial charge in [-0.3, -0.25) is 4.79 Å². The number of nitrogens with two attached hydrogens (primary N) is 1. The number of hydrogen-bond acceptors (Lipinski definition) is 3. The molecule has 1 aromatic rings. The Hall–Kier alpha value is -1.23. The van der Waals surface area contributed by atoms with Gasteiger partial charge >= 0.3 is 0 Å². The zero-order valence-corrected chi connectivity index (χ0v) is 9.94. The molecule has 0 unspecified atom stereocenters. The molecule has 0 spiro atoms. The summed E-state index contributed by atoms with van der Waals surface area (Å²) in [7, 11) is 0. The minimum Gasteiger partial charge on any atom is -0.385 e. The molecule has 0 aliphatic rings. The standard InChI is InChI=1S/C11H15FN2OS/c1-16-6-2-5-14-8-3-4-10(12)9(7-8)11(13)15/h3-4,7,14H,2,5-6H2,1H3,(H2,13,15). The predicted octanol–water partition coefficient (Wildman–Crippen LogP) is 2.09. The van der Waals surface area contributed by atoms with E-state index in [0.29, 0.717) is 0 Å². The van der Waals surface area contributed by atoms with Gasteiger partial charge in [0.15, 0.2) is 0 Å². The van der Waals surface area contributed by atoms with Crippen LogP contribution in [-0.4, -0.2) is 24.5 Å². The molecule has 0 aromatic heterocycles.